The fraction of sp³-hybridized carbons (Fsp3) is 0.455. The van der Waals surface area contributed by atoms with Gasteiger partial charge in [0.15, 0.2) is 0 Å². The number of hydrogen-bond donors (Lipinski definition) is 1. The Hall–Kier alpha value is -1.49. The SMILES string of the molecule is CCOCC(C)NC(=O)c1ccnc(F)c1. The van der Waals surface area contributed by atoms with Gasteiger partial charge in [-0.2, -0.15) is 4.39 Å². The molecule has 16 heavy (non-hydrogen) atoms. The Kier molecular flexibility index (Phi) is 4.85. The lowest BCUT2D eigenvalue weighted by atomic mass is 10.2. The number of nitrogens with zero attached hydrogens (tertiary/aromatic N) is 1. The molecule has 0 aliphatic rings. The van der Waals surface area contributed by atoms with E-state index in [0.29, 0.717) is 13.2 Å². The van der Waals surface area contributed by atoms with Crippen LogP contribution in [0, 0.1) is 5.95 Å². The van der Waals surface area contributed by atoms with Crippen molar-refractivity contribution in [1.82, 2.24) is 10.3 Å². The second-order valence-corrected chi connectivity index (χ2v) is 3.40. The summed E-state index contributed by atoms with van der Waals surface area (Å²) in [4.78, 5) is 15.0. The number of pyridine rings is 1. The van der Waals surface area contributed by atoms with Crippen LogP contribution in [0.2, 0.25) is 0 Å². The van der Waals surface area contributed by atoms with E-state index < -0.39 is 5.95 Å². The molecular formula is C11H15FN2O2. The molecular weight excluding hydrogens is 211 g/mol. The van der Waals surface area contributed by atoms with E-state index in [-0.39, 0.29) is 17.5 Å². The highest BCUT2D eigenvalue weighted by atomic mass is 19.1. The molecule has 0 saturated carbocycles. The number of aromatic nitrogens is 1. The molecule has 1 amide bonds. The van der Waals surface area contributed by atoms with E-state index in [1.807, 2.05) is 13.8 Å². The maximum absolute atomic E-state index is 12.8. The molecule has 1 rings (SSSR count). The third kappa shape index (κ3) is 3.94. The Morgan fingerprint density at radius 1 is 1.69 bits per heavy atom. The number of halogens is 1. The molecule has 1 heterocycles. The van der Waals surface area contributed by atoms with Crippen molar-refractivity contribution in [3.63, 3.8) is 0 Å². The van der Waals surface area contributed by atoms with Crippen LogP contribution in [0.25, 0.3) is 0 Å². The van der Waals surface area contributed by atoms with Gasteiger partial charge in [0.05, 0.1) is 6.61 Å². The molecule has 5 heteroatoms. The van der Waals surface area contributed by atoms with Gasteiger partial charge in [-0.05, 0) is 19.9 Å². The maximum atomic E-state index is 12.8. The number of carbonyl (C=O) groups is 1. The van der Waals surface area contributed by atoms with E-state index in [1.54, 1.807) is 0 Å². The molecule has 0 spiro atoms. The van der Waals surface area contributed by atoms with Gasteiger partial charge in [0.25, 0.3) is 5.91 Å². The van der Waals surface area contributed by atoms with Crippen LogP contribution in [0.3, 0.4) is 0 Å². The first-order chi connectivity index (χ1) is 7.63. The molecule has 0 radical (unpaired) electrons. The Labute approximate surface area is 93.8 Å². The van der Waals surface area contributed by atoms with E-state index in [9.17, 15) is 9.18 Å². The summed E-state index contributed by atoms with van der Waals surface area (Å²) in [7, 11) is 0. The van der Waals surface area contributed by atoms with Gasteiger partial charge in [-0.25, -0.2) is 4.98 Å². The Morgan fingerprint density at radius 3 is 3.06 bits per heavy atom. The van der Waals surface area contributed by atoms with Crippen molar-refractivity contribution in [2.45, 2.75) is 19.9 Å². The molecule has 88 valence electrons. The van der Waals surface area contributed by atoms with Crippen LogP contribution in [0.5, 0.6) is 0 Å². The molecule has 0 aliphatic heterocycles. The summed E-state index contributed by atoms with van der Waals surface area (Å²) in [5, 5.41) is 2.70. The zero-order chi connectivity index (χ0) is 12.0. The van der Waals surface area contributed by atoms with Gasteiger partial charge >= 0.3 is 0 Å². The summed E-state index contributed by atoms with van der Waals surface area (Å²) in [6, 6.07) is 2.46. The number of nitrogens with one attached hydrogen (secondary N) is 1. The lowest BCUT2D eigenvalue weighted by molar-refractivity contribution is 0.0871. The lowest BCUT2D eigenvalue weighted by Gasteiger charge is -2.13. The average Bonchev–Trinajstić information content (AvgIpc) is 2.26. The Balaban J connectivity index is 2.52. The minimum Gasteiger partial charge on any atom is -0.380 e. The molecule has 0 bridgehead atoms. The third-order valence-corrected chi connectivity index (χ3v) is 1.94. The third-order valence-electron chi connectivity index (χ3n) is 1.94. The van der Waals surface area contributed by atoms with Crippen molar-refractivity contribution in [1.29, 1.82) is 0 Å². The first kappa shape index (κ1) is 12.6. The van der Waals surface area contributed by atoms with E-state index in [4.69, 9.17) is 4.74 Å². The number of hydrogen-bond acceptors (Lipinski definition) is 3. The predicted molar refractivity (Wildman–Crippen MR) is 57.6 cm³/mol. The van der Waals surface area contributed by atoms with Crippen molar-refractivity contribution in [2.75, 3.05) is 13.2 Å². The smallest absolute Gasteiger partial charge is 0.251 e. The molecule has 0 fully saturated rings. The van der Waals surface area contributed by atoms with Crippen LogP contribution in [0.15, 0.2) is 18.3 Å². The fourth-order valence-corrected chi connectivity index (χ4v) is 1.19. The standard InChI is InChI=1S/C11H15FN2O2/c1-3-16-7-8(2)14-11(15)9-4-5-13-10(12)6-9/h4-6,8H,3,7H2,1-2H3,(H,14,15). The predicted octanol–water partition coefficient (Wildman–Crippen LogP) is 1.38. The van der Waals surface area contributed by atoms with Crippen molar-refractivity contribution in [2.24, 2.45) is 0 Å². The van der Waals surface area contributed by atoms with Gasteiger partial charge in [-0.15, -0.1) is 0 Å². The molecule has 4 nitrogen and oxygen atoms in total. The van der Waals surface area contributed by atoms with Crippen LogP contribution in [-0.2, 0) is 4.74 Å². The number of rotatable bonds is 5. The normalized spacial score (nSPS) is 12.2. The first-order valence-electron chi connectivity index (χ1n) is 5.13. The summed E-state index contributed by atoms with van der Waals surface area (Å²) < 4.78 is 17.9. The average molecular weight is 226 g/mol. The molecule has 0 aromatic carbocycles. The van der Waals surface area contributed by atoms with E-state index in [0.717, 1.165) is 6.07 Å². The van der Waals surface area contributed by atoms with E-state index in [2.05, 4.69) is 10.3 Å². The monoisotopic (exact) mass is 226 g/mol. The fourth-order valence-electron chi connectivity index (χ4n) is 1.19. The quantitative estimate of drug-likeness (QED) is 0.771. The number of ether oxygens (including phenoxy) is 1. The van der Waals surface area contributed by atoms with Crippen LogP contribution in [0.1, 0.15) is 24.2 Å². The van der Waals surface area contributed by atoms with Crippen molar-refractivity contribution in [3.8, 4) is 0 Å². The molecule has 0 saturated heterocycles. The van der Waals surface area contributed by atoms with E-state index >= 15 is 0 Å². The summed E-state index contributed by atoms with van der Waals surface area (Å²) in [5.74, 6) is -0.987. The zero-order valence-corrected chi connectivity index (χ0v) is 9.37. The summed E-state index contributed by atoms with van der Waals surface area (Å²) in [6.45, 7) is 4.75. The molecule has 1 unspecified atom stereocenters. The Bertz CT molecular complexity index is 358. The highest BCUT2D eigenvalue weighted by Gasteiger charge is 2.10. The highest BCUT2D eigenvalue weighted by molar-refractivity contribution is 5.94. The van der Waals surface area contributed by atoms with Crippen molar-refractivity contribution >= 4 is 5.91 Å². The van der Waals surface area contributed by atoms with Crippen LogP contribution in [0.4, 0.5) is 4.39 Å². The van der Waals surface area contributed by atoms with Crippen LogP contribution >= 0.6 is 0 Å². The Morgan fingerprint density at radius 2 is 2.44 bits per heavy atom. The number of amides is 1. The van der Waals surface area contributed by atoms with Crippen LogP contribution in [-0.4, -0.2) is 30.1 Å². The largest absolute Gasteiger partial charge is 0.380 e. The lowest BCUT2D eigenvalue weighted by Crippen LogP contribution is -2.35. The van der Waals surface area contributed by atoms with Gasteiger partial charge in [0, 0.05) is 30.5 Å². The topological polar surface area (TPSA) is 51.2 Å². The van der Waals surface area contributed by atoms with Gasteiger partial charge in [0.1, 0.15) is 0 Å². The van der Waals surface area contributed by atoms with Crippen molar-refractivity contribution < 1.29 is 13.9 Å². The first-order valence-corrected chi connectivity index (χ1v) is 5.13. The van der Waals surface area contributed by atoms with Crippen LogP contribution < -0.4 is 5.32 Å². The molecule has 0 aliphatic carbocycles. The molecule has 1 aromatic heterocycles. The number of carbonyl (C=O) groups excluding carboxylic acids is 1. The molecule has 1 N–H and O–H groups in total. The summed E-state index contributed by atoms with van der Waals surface area (Å²) in [5.41, 5.74) is 0.260. The highest BCUT2D eigenvalue weighted by Crippen LogP contribution is 2.00. The maximum Gasteiger partial charge on any atom is 0.251 e. The minimum absolute atomic E-state index is 0.108. The summed E-state index contributed by atoms with van der Waals surface area (Å²) in [6.07, 6.45) is 1.26. The molecule has 1 atom stereocenters. The minimum atomic E-state index is -0.662. The second-order valence-electron chi connectivity index (χ2n) is 3.40. The molecule has 1 aromatic rings. The summed E-state index contributed by atoms with van der Waals surface area (Å²) >= 11 is 0. The van der Waals surface area contributed by atoms with Gasteiger partial charge in [0.2, 0.25) is 5.95 Å². The van der Waals surface area contributed by atoms with E-state index in [1.165, 1.54) is 12.3 Å². The van der Waals surface area contributed by atoms with Gasteiger partial charge < -0.3 is 10.1 Å². The van der Waals surface area contributed by atoms with Gasteiger partial charge in [-0.1, -0.05) is 0 Å². The second kappa shape index (κ2) is 6.17. The zero-order valence-electron chi connectivity index (χ0n) is 9.37. The van der Waals surface area contributed by atoms with Crippen molar-refractivity contribution in [3.05, 3.63) is 29.8 Å². The van der Waals surface area contributed by atoms with Gasteiger partial charge in [-0.3, -0.25) is 4.79 Å².